The van der Waals surface area contributed by atoms with E-state index in [4.69, 9.17) is 0 Å². The first-order chi connectivity index (χ1) is 9.36. The van der Waals surface area contributed by atoms with Crippen LogP contribution in [0.2, 0.25) is 0 Å². The lowest BCUT2D eigenvalue weighted by molar-refractivity contribution is 0.0952. The van der Waals surface area contributed by atoms with Gasteiger partial charge >= 0.3 is 0 Å². The molecule has 0 aliphatic heterocycles. The van der Waals surface area contributed by atoms with Crippen LogP contribution in [0.5, 0.6) is 0 Å². The highest BCUT2D eigenvalue weighted by atomic mass is 16.1. The molecule has 0 radical (unpaired) electrons. The predicted octanol–water partition coefficient (Wildman–Crippen LogP) is 4.17. The van der Waals surface area contributed by atoms with Crippen molar-refractivity contribution in [3.63, 3.8) is 0 Å². The zero-order valence-corrected chi connectivity index (χ0v) is 11.7. The Kier molecular flexibility index (Phi) is 5.93. The number of rotatable bonds is 5. The van der Waals surface area contributed by atoms with Gasteiger partial charge in [-0.3, -0.25) is 4.79 Å². The summed E-state index contributed by atoms with van der Waals surface area (Å²) >= 11 is 0. The number of carbonyl (C=O) groups is 1. The van der Waals surface area contributed by atoms with E-state index in [1.165, 1.54) is 44.9 Å². The molecule has 2 nitrogen and oxygen atoms in total. The van der Waals surface area contributed by atoms with Crippen LogP contribution in [-0.2, 0) is 0 Å². The van der Waals surface area contributed by atoms with Crippen LogP contribution in [0, 0.1) is 5.92 Å². The highest BCUT2D eigenvalue weighted by Crippen LogP contribution is 2.26. The number of carbonyl (C=O) groups excluding carboxylic acids is 1. The summed E-state index contributed by atoms with van der Waals surface area (Å²) in [6.07, 6.45) is 10.8. The molecule has 0 saturated heterocycles. The summed E-state index contributed by atoms with van der Waals surface area (Å²) in [7, 11) is 0. The average molecular weight is 259 g/mol. The Morgan fingerprint density at radius 3 is 2.42 bits per heavy atom. The second-order valence-electron chi connectivity index (χ2n) is 5.62. The van der Waals surface area contributed by atoms with E-state index in [0.717, 1.165) is 24.4 Å². The molecule has 0 unspecified atom stereocenters. The van der Waals surface area contributed by atoms with Crippen LogP contribution in [0.15, 0.2) is 30.3 Å². The normalized spacial score (nSPS) is 16.8. The lowest BCUT2D eigenvalue weighted by Gasteiger charge is -2.13. The molecule has 19 heavy (non-hydrogen) atoms. The molecule has 0 heterocycles. The first kappa shape index (κ1) is 14.1. The third-order valence-corrected chi connectivity index (χ3v) is 4.09. The van der Waals surface area contributed by atoms with Crippen LogP contribution in [0.25, 0.3) is 0 Å². The third-order valence-electron chi connectivity index (χ3n) is 4.09. The molecule has 0 atom stereocenters. The summed E-state index contributed by atoms with van der Waals surface area (Å²) in [5, 5.41) is 3.02. The zero-order chi connectivity index (χ0) is 13.3. The second kappa shape index (κ2) is 7.98. The van der Waals surface area contributed by atoms with Gasteiger partial charge in [-0.15, -0.1) is 0 Å². The highest BCUT2D eigenvalue weighted by molar-refractivity contribution is 5.94. The van der Waals surface area contributed by atoms with E-state index in [0.29, 0.717) is 0 Å². The van der Waals surface area contributed by atoms with Crippen LogP contribution in [0.4, 0.5) is 0 Å². The molecule has 0 spiro atoms. The van der Waals surface area contributed by atoms with E-state index >= 15 is 0 Å². The van der Waals surface area contributed by atoms with Gasteiger partial charge in [0.15, 0.2) is 0 Å². The van der Waals surface area contributed by atoms with E-state index in [2.05, 4.69) is 5.32 Å². The molecule has 1 aromatic carbocycles. The van der Waals surface area contributed by atoms with Crippen molar-refractivity contribution in [1.82, 2.24) is 5.32 Å². The van der Waals surface area contributed by atoms with Crippen LogP contribution in [-0.4, -0.2) is 12.5 Å². The topological polar surface area (TPSA) is 29.1 Å². The summed E-state index contributed by atoms with van der Waals surface area (Å²) in [6, 6.07) is 9.46. The lowest BCUT2D eigenvalue weighted by Crippen LogP contribution is -2.24. The van der Waals surface area contributed by atoms with Crippen molar-refractivity contribution >= 4 is 5.91 Å². The van der Waals surface area contributed by atoms with Crippen molar-refractivity contribution in [2.45, 2.75) is 51.4 Å². The van der Waals surface area contributed by atoms with E-state index in [-0.39, 0.29) is 5.91 Å². The van der Waals surface area contributed by atoms with Crippen LogP contribution in [0.3, 0.4) is 0 Å². The largest absolute Gasteiger partial charge is 0.352 e. The van der Waals surface area contributed by atoms with Gasteiger partial charge in [0.2, 0.25) is 0 Å². The monoisotopic (exact) mass is 259 g/mol. The van der Waals surface area contributed by atoms with Gasteiger partial charge < -0.3 is 5.32 Å². The van der Waals surface area contributed by atoms with E-state index < -0.39 is 0 Å². The summed E-state index contributed by atoms with van der Waals surface area (Å²) < 4.78 is 0. The minimum absolute atomic E-state index is 0.0569. The maximum atomic E-state index is 11.8. The summed E-state index contributed by atoms with van der Waals surface area (Å²) in [5.41, 5.74) is 0.761. The predicted molar refractivity (Wildman–Crippen MR) is 79.2 cm³/mol. The maximum absolute atomic E-state index is 11.8. The van der Waals surface area contributed by atoms with Crippen molar-refractivity contribution < 1.29 is 4.79 Å². The Hall–Kier alpha value is -1.31. The van der Waals surface area contributed by atoms with Crippen LogP contribution in [0.1, 0.15) is 61.7 Å². The van der Waals surface area contributed by atoms with Gasteiger partial charge in [-0.1, -0.05) is 56.7 Å². The number of amides is 1. The van der Waals surface area contributed by atoms with Crippen molar-refractivity contribution in [3.8, 4) is 0 Å². The Balaban J connectivity index is 1.62. The van der Waals surface area contributed by atoms with Gasteiger partial charge in [0.05, 0.1) is 0 Å². The first-order valence-electron chi connectivity index (χ1n) is 7.69. The molecule has 2 heteroatoms. The van der Waals surface area contributed by atoms with Gasteiger partial charge in [0.25, 0.3) is 5.91 Å². The standard InChI is InChI=1S/C17H25NO/c19-17(16-12-6-3-7-13-16)18-14-8-11-15-9-4-1-2-5-10-15/h3,6-7,12-13,15H,1-2,4-5,8-11,14H2,(H,18,19). The fourth-order valence-electron chi connectivity index (χ4n) is 2.94. The molecular weight excluding hydrogens is 234 g/mol. The van der Waals surface area contributed by atoms with Gasteiger partial charge in [-0.05, 0) is 30.9 Å². The average Bonchev–Trinajstić information content (AvgIpc) is 2.73. The van der Waals surface area contributed by atoms with E-state index in [9.17, 15) is 4.79 Å². The number of hydrogen-bond donors (Lipinski definition) is 1. The molecule has 0 bridgehead atoms. The maximum Gasteiger partial charge on any atom is 0.251 e. The van der Waals surface area contributed by atoms with E-state index in [1.807, 2.05) is 30.3 Å². The Labute approximate surface area is 116 Å². The molecule has 1 fully saturated rings. The van der Waals surface area contributed by atoms with Gasteiger partial charge in [-0.25, -0.2) is 0 Å². The van der Waals surface area contributed by atoms with E-state index in [1.54, 1.807) is 0 Å². The van der Waals surface area contributed by atoms with Gasteiger partial charge in [0, 0.05) is 12.1 Å². The second-order valence-corrected chi connectivity index (χ2v) is 5.62. The smallest absolute Gasteiger partial charge is 0.251 e. The SMILES string of the molecule is O=C(NCCCC1CCCCCC1)c1ccccc1. The lowest BCUT2D eigenvalue weighted by atomic mass is 9.95. The van der Waals surface area contributed by atoms with Crippen LogP contribution < -0.4 is 5.32 Å². The summed E-state index contributed by atoms with van der Waals surface area (Å²) in [6.45, 7) is 0.810. The Morgan fingerprint density at radius 1 is 1.05 bits per heavy atom. The highest BCUT2D eigenvalue weighted by Gasteiger charge is 2.11. The van der Waals surface area contributed by atoms with Crippen molar-refractivity contribution in [1.29, 1.82) is 0 Å². The summed E-state index contributed by atoms with van der Waals surface area (Å²) in [5.74, 6) is 0.956. The number of nitrogens with one attached hydrogen (secondary N) is 1. The first-order valence-corrected chi connectivity index (χ1v) is 7.69. The van der Waals surface area contributed by atoms with Crippen molar-refractivity contribution in [2.24, 2.45) is 5.92 Å². The Bertz CT molecular complexity index is 366. The fourth-order valence-corrected chi connectivity index (χ4v) is 2.94. The molecule has 1 N–H and O–H groups in total. The molecule has 0 aromatic heterocycles. The molecular formula is C17H25NO. The van der Waals surface area contributed by atoms with Crippen molar-refractivity contribution in [2.75, 3.05) is 6.54 Å². The molecule has 2 rings (SSSR count). The number of benzene rings is 1. The number of hydrogen-bond acceptors (Lipinski definition) is 1. The molecule has 1 saturated carbocycles. The Morgan fingerprint density at radius 2 is 1.74 bits per heavy atom. The third kappa shape index (κ3) is 5.06. The molecule has 1 aromatic rings. The molecule has 104 valence electrons. The minimum atomic E-state index is 0.0569. The van der Waals surface area contributed by atoms with Crippen LogP contribution >= 0.6 is 0 Å². The minimum Gasteiger partial charge on any atom is -0.352 e. The molecule has 1 amide bonds. The molecule has 1 aliphatic rings. The summed E-state index contributed by atoms with van der Waals surface area (Å²) in [4.78, 5) is 11.8. The quantitative estimate of drug-likeness (QED) is 0.624. The van der Waals surface area contributed by atoms with Gasteiger partial charge in [0.1, 0.15) is 0 Å². The fraction of sp³-hybridized carbons (Fsp3) is 0.588. The van der Waals surface area contributed by atoms with Crippen molar-refractivity contribution in [3.05, 3.63) is 35.9 Å². The van der Waals surface area contributed by atoms with Gasteiger partial charge in [-0.2, -0.15) is 0 Å². The molecule has 1 aliphatic carbocycles. The zero-order valence-electron chi connectivity index (χ0n) is 11.7.